The van der Waals surface area contributed by atoms with Gasteiger partial charge in [0.1, 0.15) is 0 Å². The standard InChI is InChI=1S/C19H22N2O2/c1-3-21(17-11-5-4-6-12-17)19(23)14-20-18(22)13-16-10-8-7-9-15(16)2/h4-12H,3,13-14H2,1-2H3,(H,20,22). The number of para-hydroxylation sites is 1. The second kappa shape index (κ2) is 8.13. The van der Waals surface area contributed by atoms with Crippen LogP contribution in [0.15, 0.2) is 54.6 Å². The van der Waals surface area contributed by atoms with Crippen molar-refractivity contribution in [2.24, 2.45) is 0 Å². The summed E-state index contributed by atoms with van der Waals surface area (Å²) in [5.74, 6) is -0.256. The molecular formula is C19H22N2O2. The molecule has 0 spiro atoms. The van der Waals surface area contributed by atoms with E-state index in [0.29, 0.717) is 6.54 Å². The Labute approximate surface area is 137 Å². The zero-order valence-corrected chi connectivity index (χ0v) is 13.6. The van der Waals surface area contributed by atoms with Crippen LogP contribution < -0.4 is 10.2 Å². The lowest BCUT2D eigenvalue weighted by atomic mass is 10.1. The van der Waals surface area contributed by atoms with Gasteiger partial charge in [-0.25, -0.2) is 0 Å². The first-order valence-corrected chi connectivity index (χ1v) is 7.78. The highest BCUT2D eigenvalue weighted by Gasteiger charge is 2.14. The summed E-state index contributed by atoms with van der Waals surface area (Å²) in [7, 11) is 0. The Morgan fingerprint density at radius 2 is 1.65 bits per heavy atom. The van der Waals surface area contributed by atoms with Gasteiger partial charge in [0.2, 0.25) is 11.8 Å². The van der Waals surface area contributed by atoms with Crippen LogP contribution in [0.2, 0.25) is 0 Å². The largest absolute Gasteiger partial charge is 0.347 e. The summed E-state index contributed by atoms with van der Waals surface area (Å²) in [6.07, 6.45) is 0.289. The van der Waals surface area contributed by atoms with E-state index in [-0.39, 0.29) is 24.8 Å². The number of carbonyl (C=O) groups is 2. The van der Waals surface area contributed by atoms with Crippen LogP contribution in [0.1, 0.15) is 18.1 Å². The normalized spacial score (nSPS) is 10.2. The first kappa shape index (κ1) is 16.7. The zero-order chi connectivity index (χ0) is 16.7. The van der Waals surface area contributed by atoms with Crippen LogP contribution in [-0.4, -0.2) is 24.9 Å². The van der Waals surface area contributed by atoms with Gasteiger partial charge in [0.05, 0.1) is 13.0 Å². The summed E-state index contributed by atoms with van der Waals surface area (Å²) in [5.41, 5.74) is 2.90. The van der Waals surface area contributed by atoms with Crippen molar-refractivity contribution in [3.8, 4) is 0 Å². The van der Waals surface area contributed by atoms with Crippen molar-refractivity contribution in [1.29, 1.82) is 0 Å². The number of rotatable bonds is 6. The minimum Gasteiger partial charge on any atom is -0.347 e. The highest BCUT2D eigenvalue weighted by molar-refractivity contribution is 5.96. The molecule has 0 aliphatic heterocycles. The molecule has 0 radical (unpaired) electrons. The Hall–Kier alpha value is -2.62. The third-order valence-corrected chi connectivity index (χ3v) is 3.73. The Balaban J connectivity index is 1.90. The van der Waals surface area contributed by atoms with Crippen LogP contribution >= 0.6 is 0 Å². The van der Waals surface area contributed by atoms with Crippen molar-refractivity contribution in [1.82, 2.24) is 5.32 Å². The number of hydrogen-bond acceptors (Lipinski definition) is 2. The van der Waals surface area contributed by atoms with E-state index in [4.69, 9.17) is 0 Å². The number of aryl methyl sites for hydroxylation is 1. The minimum atomic E-state index is -0.142. The summed E-state index contributed by atoms with van der Waals surface area (Å²) >= 11 is 0. The number of likely N-dealkylation sites (N-methyl/N-ethyl adjacent to an activating group) is 1. The fourth-order valence-corrected chi connectivity index (χ4v) is 2.42. The lowest BCUT2D eigenvalue weighted by Crippen LogP contribution is -2.40. The van der Waals surface area contributed by atoms with Crippen molar-refractivity contribution in [2.45, 2.75) is 20.3 Å². The van der Waals surface area contributed by atoms with Gasteiger partial charge < -0.3 is 10.2 Å². The monoisotopic (exact) mass is 310 g/mol. The molecule has 0 unspecified atom stereocenters. The van der Waals surface area contributed by atoms with Gasteiger partial charge in [0, 0.05) is 12.2 Å². The lowest BCUT2D eigenvalue weighted by Gasteiger charge is -2.21. The molecule has 2 aromatic rings. The Morgan fingerprint density at radius 1 is 1.00 bits per heavy atom. The molecule has 2 amide bonds. The number of hydrogen-bond donors (Lipinski definition) is 1. The molecule has 120 valence electrons. The lowest BCUT2D eigenvalue weighted by molar-refractivity contribution is -0.124. The topological polar surface area (TPSA) is 49.4 Å². The molecular weight excluding hydrogens is 288 g/mol. The van der Waals surface area contributed by atoms with E-state index < -0.39 is 0 Å². The SMILES string of the molecule is CCN(C(=O)CNC(=O)Cc1ccccc1C)c1ccccc1. The second-order valence-electron chi connectivity index (χ2n) is 5.35. The van der Waals surface area contributed by atoms with Crippen LogP contribution in [0.5, 0.6) is 0 Å². The minimum absolute atomic E-state index is 0.00739. The molecule has 2 rings (SSSR count). The average Bonchev–Trinajstić information content (AvgIpc) is 2.57. The maximum absolute atomic E-state index is 12.3. The maximum Gasteiger partial charge on any atom is 0.246 e. The molecule has 0 bridgehead atoms. The van der Waals surface area contributed by atoms with Crippen molar-refractivity contribution in [3.63, 3.8) is 0 Å². The molecule has 2 aromatic carbocycles. The van der Waals surface area contributed by atoms with Gasteiger partial charge in [-0.2, -0.15) is 0 Å². The van der Waals surface area contributed by atoms with Gasteiger partial charge >= 0.3 is 0 Å². The number of anilines is 1. The van der Waals surface area contributed by atoms with Gasteiger partial charge in [-0.3, -0.25) is 9.59 Å². The molecule has 0 saturated heterocycles. The number of benzene rings is 2. The van der Waals surface area contributed by atoms with E-state index in [1.807, 2.05) is 68.4 Å². The predicted octanol–water partition coefficient (Wildman–Crippen LogP) is 2.71. The van der Waals surface area contributed by atoms with Crippen LogP contribution in [0.25, 0.3) is 0 Å². The van der Waals surface area contributed by atoms with Crippen LogP contribution in [0, 0.1) is 6.92 Å². The summed E-state index contributed by atoms with van der Waals surface area (Å²) in [5, 5.41) is 2.71. The highest BCUT2D eigenvalue weighted by Crippen LogP contribution is 2.12. The van der Waals surface area contributed by atoms with Crippen LogP contribution in [0.3, 0.4) is 0 Å². The van der Waals surface area contributed by atoms with Gasteiger partial charge in [0.15, 0.2) is 0 Å². The van der Waals surface area contributed by atoms with E-state index in [0.717, 1.165) is 16.8 Å². The second-order valence-corrected chi connectivity index (χ2v) is 5.35. The Bertz CT molecular complexity index is 668. The number of nitrogens with one attached hydrogen (secondary N) is 1. The fraction of sp³-hybridized carbons (Fsp3) is 0.263. The van der Waals surface area contributed by atoms with Crippen molar-refractivity contribution in [2.75, 3.05) is 18.0 Å². The van der Waals surface area contributed by atoms with Gasteiger partial charge in [-0.05, 0) is 37.1 Å². The predicted molar refractivity (Wildman–Crippen MR) is 92.4 cm³/mol. The maximum atomic E-state index is 12.3. The number of amides is 2. The van der Waals surface area contributed by atoms with E-state index in [1.54, 1.807) is 4.90 Å². The van der Waals surface area contributed by atoms with Gasteiger partial charge in [-0.1, -0.05) is 42.5 Å². The molecule has 4 heteroatoms. The van der Waals surface area contributed by atoms with Crippen LogP contribution in [-0.2, 0) is 16.0 Å². The van der Waals surface area contributed by atoms with E-state index in [2.05, 4.69) is 5.32 Å². The molecule has 23 heavy (non-hydrogen) atoms. The summed E-state index contributed by atoms with van der Waals surface area (Å²) in [6, 6.07) is 17.2. The molecule has 0 fully saturated rings. The molecule has 0 aromatic heterocycles. The molecule has 0 heterocycles. The third-order valence-electron chi connectivity index (χ3n) is 3.73. The first-order valence-electron chi connectivity index (χ1n) is 7.78. The van der Waals surface area contributed by atoms with Crippen molar-refractivity contribution in [3.05, 3.63) is 65.7 Å². The first-order chi connectivity index (χ1) is 11.1. The quantitative estimate of drug-likeness (QED) is 0.892. The van der Waals surface area contributed by atoms with Crippen molar-refractivity contribution >= 4 is 17.5 Å². The molecule has 4 nitrogen and oxygen atoms in total. The fourth-order valence-electron chi connectivity index (χ4n) is 2.42. The van der Waals surface area contributed by atoms with Gasteiger partial charge in [0.25, 0.3) is 0 Å². The van der Waals surface area contributed by atoms with Gasteiger partial charge in [-0.15, -0.1) is 0 Å². The Morgan fingerprint density at radius 3 is 2.30 bits per heavy atom. The number of carbonyl (C=O) groups excluding carboxylic acids is 2. The molecule has 0 atom stereocenters. The smallest absolute Gasteiger partial charge is 0.246 e. The molecule has 0 aliphatic carbocycles. The molecule has 1 N–H and O–H groups in total. The highest BCUT2D eigenvalue weighted by atomic mass is 16.2. The average molecular weight is 310 g/mol. The summed E-state index contributed by atoms with van der Waals surface area (Å²) < 4.78 is 0. The third kappa shape index (κ3) is 4.68. The Kier molecular flexibility index (Phi) is 5.92. The molecule has 0 saturated carbocycles. The number of nitrogens with zero attached hydrogens (tertiary/aromatic N) is 1. The molecule has 0 aliphatic rings. The van der Waals surface area contributed by atoms with E-state index in [1.165, 1.54) is 0 Å². The van der Waals surface area contributed by atoms with Crippen molar-refractivity contribution < 1.29 is 9.59 Å². The van der Waals surface area contributed by atoms with E-state index >= 15 is 0 Å². The van der Waals surface area contributed by atoms with E-state index in [9.17, 15) is 9.59 Å². The zero-order valence-electron chi connectivity index (χ0n) is 13.6. The summed E-state index contributed by atoms with van der Waals surface area (Å²) in [6.45, 7) is 4.46. The summed E-state index contributed by atoms with van der Waals surface area (Å²) in [4.78, 5) is 26.0. The van der Waals surface area contributed by atoms with Crippen LogP contribution in [0.4, 0.5) is 5.69 Å².